The van der Waals surface area contributed by atoms with E-state index in [9.17, 15) is 9.90 Å². The predicted octanol–water partition coefficient (Wildman–Crippen LogP) is 0.570. The number of aryl methyl sites for hydroxylation is 1. The lowest BCUT2D eigenvalue weighted by atomic mass is 10.3. The van der Waals surface area contributed by atoms with Crippen LogP contribution >= 0.6 is 0 Å². The molecule has 0 saturated carbocycles. The Hall–Kier alpha value is -2.67. The third kappa shape index (κ3) is 2.84. The first-order valence-electron chi connectivity index (χ1n) is 6.88. The molecule has 22 heavy (non-hydrogen) atoms. The van der Waals surface area contributed by atoms with E-state index in [1.54, 1.807) is 7.05 Å². The molecule has 2 aromatic heterocycles. The molecule has 2 heterocycles. The number of nitrogens with zero attached hydrogens (tertiary/aromatic N) is 4. The van der Waals surface area contributed by atoms with Gasteiger partial charge >= 0.3 is 0 Å². The van der Waals surface area contributed by atoms with E-state index < -0.39 is 6.10 Å². The van der Waals surface area contributed by atoms with Gasteiger partial charge in [0.15, 0.2) is 5.65 Å². The maximum Gasteiger partial charge on any atom is 0.264 e. The molecule has 0 saturated heterocycles. The van der Waals surface area contributed by atoms with Crippen molar-refractivity contribution in [3.05, 3.63) is 53.2 Å². The van der Waals surface area contributed by atoms with E-state index in [1.165, 1.54) is 21.8 Å². The Balaban J connectivity index is 1.70. The molecule has 0 aliphatic heterocycles. The second-order valence-electron chi connectivity index (χ2n) is 4.99. The number of hydrogen-bond acceptors (Lipinski definition) is 5. The first-order valence-corrected chi connectivity index (χ1v) is 6.88. The van der Waals surface area contributed by atoms with Crippen molar-refractivity contribution < 1.29 is 9.84 Å². The van der Waals surface area contributed by atoms with Crippen LogP contribution in [0, 0.1) is 0 Å². The van der Waals surface area contributed by atoms with Crippen LogP contribution in [0.4, 0.5) is 0 Å². The number of rotatable bonds is 5. The topological polar surface area (TPSA) is 82.2 Å². The van der Waals surface area contributed by atoms with Crippen LogP contribution in [0.1, 0.15) is 0 Å². The molecule has 3 aromatic rings. The standard InChI is InChI=1S/C15H16N4O3/c1-18-14-13(7-17-18)15(21)19(10-16-14)8-11(20)9-22-12-5-3-2-4-6-12/h2-7,10-11,20H,8-9H2,1H3/t11-/m0/s1. The number of aliphatic hydroxyl groups is 1. The molecule has 3 rings (SSSR count). The lowest BCUT2D eigenvalue weighted by Crippen LogP contribution is -2.30. The monoisotopic (exact) mass is 300 g/mol. The van der Waals surface area contributed by atoms with Crippen molar-refractivity contribution in [3.63, 3.8) is 0 Å². The summed E-state index contributed by atoms with van der Waals surface area (Å²) in [5.74, 6) is 0.676. The first kappa shape index (κ1) is 14.3. The molecule has 0 unspecified atom stereocenters. The van der Waals surface area contributed by atoms with Gasteiger partial charge in [-0.15, -0.1) is 0 Å². The summed E-state index contributed by atoms with van der Waals surface area (Å²) >= 11 is 0. The fourth-order valence-electron chi connectivity index (χ4n) is 2.19. The molecule has 114 valence electrons. The normalized spacial score (nSPS) is 12.5. The van der Waals surface area contributed by atoms with Crippen LogP contribution in [0.5, 0.6) is 5.75 Å². The summed E-state index contributed by atoms with van der Waals surface area (Å²) in [5.41, 5.74) is 0.299. The van der Waals surface area contributed by atoms with Gasteiger partial charge in [0, 0.05) is 7.05 Å². The summed E-state index contributed by atoms with van der Waals surface area (Å²) < 4.78 is 8.37. The van der Waals surface area contributed by atoms with Crippen LogP contribution in [-0.2, 0) is 13.6 Å². The van der Waals surface area contributed by atoms with E-state index >= 15 is 0 Å². The summed E-state index contributed by atoms with van der Waals surface area (Å²) in [5, 5.41) is 14.5. The number of fused-ring (bicyclic) bond motifs is 1. The first-order chi connectivity index (χ1) is 10.6. The van der Waals surface area contributed by atoms with Gasteiger partial charge in [0.25, 0.3) is 5.56 Å². The SMILES string of the molecule is Cn1ncc2c(=O)n(C[C@H](O)COc3ccccc3)cnc21. The molecule has 0 spiro atoms. The van der Waals surface area contributed by atoms with Crippen LogP contribution in [0.15, 0.2) is 47.7 Å². The van der Waals surface area contributed by atoms with Crippen molar-refractivity contribution in [2.24, 2.45) is 7.05 Å². The van der Waals surface area contributed by atoms with Crippen molar-refractivity contribution in [1.29, 1.82) is 0 Å². The maximum atomic E-state index is 12.3. The van der Waals surface area contributed by atoms with E-state index in [2.05, 4.69) is 10.1 Å². The average molecular weight is 300 g/mol. The van der Waals surface area contributed by atoms with Gasteiger partial charge in [-0.2, -0.15) is 5.10 Å². The highest BCUT2D eigenvalue weighted by molar-refractivity contribution is 5.72. The molecule has 0 radical (unpaired) electrons. The summed E-state index contributed by atoms with van der Waals surface area (Å²) in [6.07, 6.45) is 2.08. The van der Waals surface area contributed by atoms with Crippen molar-refractivity contribution in [2.45, 2.75) is 12.6 Å². The van der Waals surface area contributed by atoms with Crippen LogP contribution in [0.25, 0.3) is 11.0 Å². The van der Waals surface area contributed by atoms with Crippen LogP contribution in [-0.4, -0.2) is 37.1 Å². The van der Waals surface area contributed by atoms with Crippen LogP contribution in [0.3, 0.4) is 0 Å². The molecule has 0 amide bonds. The van der Waals surface area contributed by atoms with Crippen LogP contribution < -0.4 is 10.3 Å². The van der Waals surface area contributed by atoms with E-state index in [-0.39, 0.29) is 18.7 Å². The smallest absolute Gasteiger partial charge is 0.264 e. The Morgan fingerprint density at radius 3 is 2.86 bits per heavy atom. The molecule has 0 aliphatic rings. The molecular weight excluding hydrogens is 284 g/mol. The van der Waals surface area contributed by atoms with Crippen molar-refractivity contribution in [1.82, 2.24) is 19.3 Å². The highest BCUT2D eigenvalue weighted by Crippen LogP contribution is 2.09. The van der Waals surface area contributed by atoms with Gasteiger partial charge in [0.2, 0.25) is 0 Å². The number of hydrogen-bond donors (Lipinski definition) is 1. The molecule has 7 heteroatoms. The Morgan fingerprint density at radius 2 is 2.09 bits per heavy atom. The van der Waals surface area contributed by atoms with Gasteiger partial charge in [0.1, 0.15) is 30.2 Å². The quantitative estimate of drug-likeness (QED) is 0.745. The van der Waals surface area contributed by atoms with E-state index in [0.717, 1.165) is 0 Å². The molecule has 0 aliphatic carbocycles. The van der Waals surface area contributed by atoms with Gasteiger partial charge in [0.05, 0.1) is 12.7 Å². The van der Waals surface area contributed by atoms with Crippen molar-refractivity contribution in [2.75, 3.05) is 6.61 Å². The third-order valence-corrected chi connectivity index (χ3v) is 3.31. The zero-order chi connectivity index (χ0) is 15.5. The number of ether oxygens (including phenoxy) is 1. The molecule has 7 nitrogen and oxygen atoms in total. The number of aliphatic hydroxyl groups excluding tert-OH is 1. The number of aromatic nitrogens is 4. The largest absolute Gasteiger partial charge is 0.491 e. The highest BCUT2D eigenvalue weighted by atomic mass is 16.5. The lowest BCUT2D eigenvalue weighted by Gasteiger charge is -2.13. The summed E-state index contributed by atoms with van der Waals surface area (Å²) in [7, 11) is 1.72. The second-order valence-corrected chi connectivity index (χ2v) is 4.99. The Bertz CT molecular complexity index is 826. The minimum atomic E-state index is -0.811. The minimum Gasteiger partial charge on any atom is -0.491 e. The Labute approximate surface area is 126 Å². The van der Waals surface area contributed by atoms with E-state index in [4.69, 9.17) is 4.74 Å². The summed E-state index contributed by atoms with van der Waals surface area (Å²) in [4.78, 5) is 16.5. The van der Waals surface area contributed by atoms with Gasteiger partial charge in [-0.3, -0.25) is 14.0 Å². The number of para-hydroxylation sites is 1. The third-order valence-electron chi connectivity index (χ3n) is 3.31. The molecule has 1 atom stereocenters. The molecular formula is C15H16N4O3. The van der Waals surface area contributed by atoms with E-state index in [0.29, 0.717) is 16.8 Å². The van der Waals surface area contributed by atoms with Gasteiger partial charge < -0.3 is 9.84 Å². The van der Waals surface area contributed by atoms with Gasteiger partial charge in [-0.25, -0.2) is 4.98 Å². The zero-order valence-corrected chi connectivity index (χ0v) is 12.1. The predicted molar refractivity (Wildman–Crippen MR) is 80.7 cm³/mol. The molecule has 0 fully saturated rings. The van der Waals surface area contributed by atoms with Gasteiger partial charge in [-0.1, -0.05) is 18.2 Å². The Morgan fingerprint density at radius 1 is 1.32 bits per heavy atom. The van der Waals surface area contributed by atoms with Crippen LogP contribution in [0.2, 0.25) is 0 Å². The van der Waals surface area contributed by atoms with Crippen molar-refractivity contribution >= 4 is 11.0 Å². The number of benzene rings is 1. The van der Waals surface area contributed by atoms with E-state index in [1.807, 2.05) is 30.3 Å². The second kappa shape index (κ2) is 5.98. The van der Waals surface area contributed by atoms with Crippen molar-refractivity contribution in [3.8, 4) is 5.75 Å². The zero-order valence-electron chi connectivity index (χ0n) is 12.1. The fraction of sp³-hybridized carbons (Fsp3) is 0.267. The fourth-order valence-corrected chi connectivity index (χ4v) is 2.19. The highest BCUT2D eigenvalue weighted by Gasteiger charge is 2.12. The summed E-state index contributed by atoms with van der Waals surface area (Å²) in [6, 6.07) is 9.21. The minimum absolute atomic E-state index is 0.0987. The molecule has 1 aromatic carbocycles. The maximum absolute atomic E-state index is 12.3. The Kier molecular flexibility index (Phi) is 3.88. The summed E-state index contributed by atoms with van der Waals surface area (Å²) in [6.45, 7) is 0.213. The van der Waals surface area contributed by atoms with Gasteiger partial charge in [-0.05, 0) is 12.1 Å². The molecule has 0 bridgehead atoms. The molecule has 1 N–H and O–H groups in total. The average Bonchev–Trinajstić information content (AvgIpc) is 2.91. The lowest BCUT2D eigenvalue weighted by molar-refractivity contribution is 0.0915.